The zero-order valence-corrected chi connectivity index (χ0v) is 13.4. The van der Waals surface area contributed by atoms with Crippen molar-refractivity contribution in [2.45, 2.75) is 53.6 Å². The van der Waals surface area contributed by atoms with Gasteiger partial charge in [0, 0.05) is 23.3 Å². The van der Waals surface area contributed by atoms with Gasteiger partial charge in [-0.15, -0.1) is 0 Å². The molecule has 2 N–H and O–H groups in total. The minimum absolute atomic E-state index is 0.112. The molecule has 0 saturated heterocycles. The minimum Gasteiger partial charge on any atom is -0.306 e. The third-order valence-electron chi connectivity index (χ3n) is 3.37. The largest absolute Gasteiger partial charge is 0.306 e. The van der Waals surface area contributed by atoms with Crippen molar-refractivity contribution >= 4 is 0 Å². The van der Waals surface area contributed by atoms with E-state index >= 15 is 0 Å². The zero-order chi connectivity index (χ0) is 14.9. The molecule has 1 heterocycles. The molecule has 0 unspecified atom stereocenters. The van der Waals surface area contributed by atoms with Gasteiger partial charge in [-0.1, -0.05) is 17.7 Å². The fourth-order valence-electron chi connectivity index (χ4n) is 2.52. The van der Waals surface area contributed by atoms with Gasteiger partial charge >= 0.3 is 0 Å². The van der Waals surface area contributed by atoms with Gasteiger partial charge in [0.2, 0.25) is 0 Å². The summed E-state index contributed by atoms with van der Waals surface area (Å²) in [6.45, 7) is 13.7. The van der Waals surface area contributed by atoms with Crippen LogP contribution in [-0.2, 0) is 6.54 Å². The van der Waals surface area contributed by atoms with Gasteiger partial charge in [0.25, 0.3) is 0 Å². The molecule has 0 bridgehead atoms. The molecule has 0 radical (unpaired) electrons. The normalized spacial score (nSPS) is 11.9. The van der Waals surface area contributed by atoms with Crippen LogP contribution in [-0.4, -0.2) is 15.7 Å². The van der Waals surface area contributed by atoms with E-state index in [4.69, 9.17) is 0 Å². The molecule has 0 aliphatic heterocycles. The molecule has 20 heavy (non-hydrogen) atoms. The van der Waals surface area contributed by atoms with E-state index in [2.05, 4.69) is 75.3 Å². The first-order valence-corrected chi connectivity index (χ1v) is 7.14. The Balaban J connectivity index is 2.25. The number of hydrogen-bond donors (Lipinski definition) is 2. The van der Waals surface area contributed by atoms with E-state index in [1.165, 1.54) is 22.3 Å². The van der Waals surface area contributed by atoms with Crippen molar-refractivity contribution in [1.82, 2.24) is 15.5 Å². The lowest BCUT2D eigenvalue weighted by Gasteiger charge is -2.19. The number of nitrogens with one attached hydrogen (secondary N) is 2. The molecule has 1 aromatic carbocycles. The maximum absolute atomic E-state index is 4.47. The van der Waals surface area contributed by atoms with Gasteiger partial charge < -0.3 is 5.32 Å². The minimum atomic E-state index is 0.112. The third kappa shape index (κ3) is 3.48. The Bertz CT molecular complexity index is 580. The van der Waals surface area contributed by atoms with E-state index in [1.807, 2.05) is 0 Å². The number of H-pyrrole nitrogens is 1. The molecule has 3 heteroatoms. The lowest BCUT2D eigenvalue weighted by Crippen LogP contribution is -2.35. The Morgan fingerprint density at radius 2 is 1.65 bits per heavy atom. The van der Waals surface area contributed by atoms with Crippen molar-refractivity contribution in [3.63, 3.8) is 0 Å². The molecule has 2 rings (SSSR count). The van der Waals surface area contributed by atoms with Crippen molar-refractivity contribution in [1.29, 1.82) is 0 Å². The second-order valence-electron chi connectivity index (χ2n) is 6.66. The molecule has 3 nitrogen and oxygen atoms in total. The monoisotopic (exact) mass is 271 g/mol. The second-order valence-corrected chi connectivity index (χ2v) is 6.66. The first-order valence-electron chi connectivity index (χ1n) is 7.14. The van der Waals surface area contributed by atoms with Gasteiger partial charge in [0.05, 0.1) is 5.69 Å². The van der Waals surface area contributed by atoms with Crippen LogP contribution in [0, 0.1) is 20.8 Å². The summed E-state index contributed by atoms with van der Waals surface area (Å²) in [4.78, 5) is 0. The Kier molecular flexibility index (Phi) is 4.00. The molecular formula is C17H25N3. The summed E-state index contributed by atoms with van der Waals surface area (Å²) in [7, 11) is 0. The van der Waals surface area contributed by atoms with Gasteiger partial charge in [-0.25, -0.2) is 0 Å². The third-order valence-corrected chi connectivity index (χ3v) is 3.37. The Labute approximate surface area is 121 Å². The first-order chi connectivity index (χ1) is 9.26. The van der Waals surface area contributed by atoms with Crippen molar-refractivity contribution in [2.75, 3.05) is 0 Å². The maximum atomic E-state index is 4.47. The summed E-state index contributed by atoms with van der Waals surface area (Å²) in [6, 6.07) is 6.57. The van der Waals surface area contributed by atoms with Crippen LogP contribution in [0.2, 0.25) is 0 Å². The van der Waals surface area contributed by atoms with Gasteiger partial charge in [0.1, 0.15) is 0 Å². The number of rotatable bonds is 3. The van der Waals surface area contributed by atoms with Crippen LogP contribution < -0.4 is 5.32 Å². The Morgan fingerprint density at radius 1 is 1.05 bits per heavy atom. The fraction of sp³-hybridized carbons (Fsp3) is 0.471. The second kappa shape index (κ2) is 5.41. The molecule has 0 spiro atoms. The van der Waals surface area contributed by atoms with Gasteiger partial charge in [-0.3, -0.25) is 5.10 Å². The highest BCUT2D eigenvalue weighted by Gasteiger charge is 2.12. The van der Waals surface area contributed by atoms with E-state index < -0.39 is 0 Å². The predicted octanol–water partition coefficient (Wildman–Crippen LogP) is 3.89. The highest BCUT2D eigenvalue weighted by atomic mass is 15.1. The number of nitrogens with zero attached hydrogens (tertiary/aromatic N) is 1. The van der Waals surface area contributed by atoms with Crippen LogP contribution in [0.4, 0.5) is 0 Å². The lowest BCUT2D eigenvalue weighted by atomic mass is 9.97. The Hall–Kier alpha value is -1.61. The van der Waals surface area contributed by atoms with Crippen molar-refractivity contribution in [2.24, 2.45) is 0 Å². The van der Waals surface area contributed by atoms with E-state index in [0.29, 0.717) is 0 Å². The number of benzene rings is 1. The zero-order valence-electron chi connectivity index (χ0n) is 13.4. The van der Waals surface area contributed by atoms with Crippen molar-refractivity contribution in [3.05, 3.63) is 40.6 Å². The molecule has 108 valence electrons. The maximum Gasteiger partial charge on any atom is 0.0929 e. The van der Waals surface area contributed by atoms with Crippen LogP contribution in [0.1, 0.15) is 43.2 Å². The van der Waals surface area contributed by atoms with Crippen LogP contribution in [0.5, 0.6) is 0 Å². The van der Waals surface area contributed by atoms with E-state index in [-0.39, 0.29) is 5.54 Å². The highest BCUT2D eigenvalue weighted by Crippen LogP contribution is 2.27. The smallest absolute Gasteiger partial charge is 0.0929 e. The number of aromatic amines is 1. The molecule has 0 fully saturated rings. The quantitative estimate of drug-likeness (QED) is 0.889. The summed E-state index contributed by atoms with van der Waals surface area (Å²) in [5, 5.41) is 11.1. The van der Waals surface area contributed by atoms with E-state index in [9.17, 15) is 0 Å². The average molecular weight is 271 g/mol. The van der Waals surface area contributed by atoms with Gasteiger partial charge in [-0.05, 0) is 58.7 Å². The standard InChI is InChI=1S/C17H25N3/c1-11-7-12(2)16(13(3)8-11)15-9-14(19-20-15)10-18-17(4,5)6/h7-9,18H,10H2,1-6H3,(H,19,20). The molecular weight excluding hydrogens is 246 g/mol. The van der Waals surface area contributed by atoms with Crippen molar-refractivity contribution in [3.8, 4) is 11.3 Å². The molecule has 0 atom stereocenters. The van der Waals surface area contributed by atoms with Gasteiger partial charge in [0.15, 0.2) is 0 Å². The predicted molar refractivity (Wildman–Crippen MR) is 84.8 cm³/mol. The number of aromatic nitrogens is 2. The molecule has 0 aliphatic carbocycles. The van der Waals surface area contributed by atoms with E-state index in [0.717, 1.165) is 17.9 Å². The summed E-state index contributed by atoms with van der Waals surface area (Å²) < 4.78 is 0. The fourth-order valence-corrected chi connectivity index (χ4v) is 2.52. The first kappa shape index (κ1) is 14.8. The molecule has 2 aromatic rings. The van der Waals surface area contributed by atoms with E-state index in [1.54, 1.807) is 0 Å². The topological polar surface area (TPSA) is 40.7 Å². The number of hydrogen-bond acceptors (Lipinski definition) is 2. The van der Waals surface area contributed by atoms with Gasteiger partial charge in [-0.2, -0.15) is 5.10 Å². The number of aryl methyl sites for hydroxylation is 3. The molecule has 0 amide bonds. The molecule has 0 aliphatic rings. The summed E-state index contributed by atoms with van der Waals surface area (Å²) in [5.74, 6) is 0. The average Bonchev–Trinajstić information content (AvgIpc) is 2.72. The molecule has 0 saturated carbocycles. The summed E-state index contributed by atoms with van der Waals surface area (Å²) >= 11 is 0. The highest BCUT2D eigenvalue weighted by molar-refractivity contribution is 5.68. The van der Waals surface area contributed by atoms with Crippen molar-refractivity contribution < 1.29 is 0 Å². The van der Waals surface area contributed by atoms with Crippen LogP contribution in [0.25, 0.3) is 11.3 Å². The summed E-state index contributed by atoms with van der Waals surface area (Å²) in [6.07, 6.45) is 0. The van der Waals surface area contributed by atoms with Crippen LogP contribution in [0.15, 0.2) is 18.2 Å². The SMILES string of the molecule is Cc1cc(C)c(-c2cc(CNC(C)(C)C)[nH]n2)c(C)c1. The Morgan fingerprint density at radius 3 is 2.20 bits per heavy atom. The molecule has 1 aromatic heterocycles. The summed E-state index contributed by atoms with van der Waals surface area (Å²) in [5.41, 5.74) is 7.37. The van der Waals surface area contributed by atoms with Crippen LogP contribution >= 0.6 is 0 Å². The lowest BCUT2D eigenvalue weighted by molar-refractivity contribution is 0.421. The van der Waals surface area contributed by atoms with Crippen LogP contribution in [0.3, 0.4) is 0 Å².